The summed E-state index contributed by atoms with van der Waals surface area (Å²) in [5, 5.41) is 0. The molecule has 98 valence electrons. The molecule has 2 heterocycles. The topological polar surface area (TPSA) is 46.3 Å². The van der Waals surface area contributed by atoms with Crippen LogP contribution in [0.5, 0.6) is 0 Å². The molecule has 0 aliphatic carbocycles. The van der Waals surface area contributed by atoms with E-state index in [9.17, 15) is 4.79 Å². The summed E-state index contributed by atoms with van der Waals surface area (Å²) in [6, 6.07) is 9.94. The van der Waals surface area contributed by atoms with Crippen molar-refractivity contribution in [3.63, 3.8) is 0 Å². The fraction of sp³-hybridized carbons (Fsp3) is 0.214. The largest absolute Gasteiger partial charge is 0.320 e. The summed E-state index contributed by atoms with van der Waals surface area (Å²) in [6.45, 7) is 0. The number of anilines is 1. The van der Waals surface area contributed by atoms with E-state index in [1.807, 2.05) is 31.3 Å². The van der Waals surface area contributed by atoms with E-state index in [-0.39, 0.29) is 11.9 Å². The van der Waals surface area contributed by atoms with Gasteiger partial charge in [0.1, 0.15) is 0 Å². The van der Waals surface area contributed by atoms with Crippen molar-refractivity contribution in [1.29, 1.82) is 0 Å². The zero-order chi connectivity index (χ0) is 13.6. The Labute approximate surface area is 124 Å². The molecule has 5 heteroatoms. The molecule has 0 radical (unpaired) electrons. The van der Waals surface area contributed by atoms with E-state index in [0.29, 0.717) is 6.42 Å². The molecule has 2 aromatic rings. The van der Waals surface area contributed by atoms with E-state index in [1.54, 1.807) is 16.2 Å². The van der Waals surface area contributed by atoms with E-state index in [1.165, 1.54) is 0 Å². The first-order chi connectivity index (χ1) is 9.06. The van der Waals surface area contributed by atoms with Gasteiger partial charge in [0.05, 0.1) is 16.2 Å². The highest BCUT2D eigenvalue weighted by atomic mass is 79.9. The molecule has 1 unspecified atom stereocenters. The van der Waals surface area contributed by atoms with Gasteiger partial charge in [0, 0.05) is 17.6 Å². The van der Waals surface area contributed by atoms with Gasteiger partial charge in [-0.3, -0.25) is 4.79 Å². The SMILES string of the molecule is CN1C(=O)Cc2cc(C(N)c3ccc(Br)s3)ccc21. The minimum atomic E-state index is -0.136. The number of nitrogens with zero attached hydrogens (tertiary/aromatic N) is 1. The van der Waals surface area contributed by atoms with Gasteiger partial charge >= 0.3 is 0 Å². The van der Waals surface area contributed by atoms with Gasteiger partial charge in [-0.15, -0.1) is 11.3 Å². The summed E-state index contributed by atoms with van der Waals surface area (Å²) >= 11 is 5.09. The van der Waals surface area contributed by atoms with Crippen LogP contribution in [0, 0.1) is 0 Å². The van der Waals surface area contributed by atoms with Crippen LogP contribution < -0.4 is 10.6 Å². The van der Waals surface area contributed by atoms with Gasteiger partial charge in [0.15, 0.2) is 0 Å². The van der Waals surface area contributed by atoms with Crippen molar-refractivity contribution in [2.75, 3.05) is 11.9 Å². The van der Waals surface area contributed by atoms with Crippen molar-refractivity contribution in [3.8, 4) is 0 Å². The zero-order valence-electron chi connectivity index (χ0n) is 10.4. The average Bonchev–Trinajstić information content (AvgIpc) is 2.94. The average molecular weight is 337 g/mol. The minimum Gasteiger partial charge on any atom is -0.320 e. The van der Waals surface area contributed by atoms with Crippen LogP contribution in [0.3, 0.4) is 0 Å². The van der Waals surface area contributed by atoms with Crippen LogP contribution in [0.4, 0.5) is 5.69 Å². The Kier molecular flexibility index (Phi) is 3.20. The highest BCUT2D eigenvalue weighted by molar-refractivity contribution is 9.11. The second-order valence-electron chi connectivity index (χ2n) is 4.64. The van der Waals surface area contributed by atoms with Crippen LogP contribution >= 0.6 is 27.3 Å². The molecule has 2 N–H and O–H groups in total. The van der Waals surface area contributed by atoms with Crippen LogP contribution in [-0.2, 0) is 11.2 Å². The number of hydrogen-bond donors (Lipinski definition) is 1. The van der Waals surface area contributed by atoms with Crippen LogP contribution in [0.2, 0.25) is 0 Å². The molecule has 1 aromatic carbocycles. The van der Waals surface area contributed by atoms with Crippen molar-refractivity contribution in [2.24, 2.45) is 5.73 Å². The van der Waals surface area contributed by atoms with Gasteiger partial charge in [-0.1, -0.05) is 12.1 Å². The van der Waals surface area contributed by atoms with Crippen LogP contribution in [0.15, 0.2) is 34.1 Å². The number of nitrogens with two attached hydrogens (primary N) is 1. The number of thiophene rings is 1. The molecule has 19 heavy (non-hydrogen) atoms. The first kappa shape index (κ1) is 12.8. The van der Waals surface area contributed by atoms with Gasteiger partial charge < -0.3 is 10.6 Å². The third kappa shape index (κ3) is 2.22. The Hall–Kier alpha value is -1.17. The van der Waals surface area contributed by atoms with Crippen molar-refractivity contribution in [1.82, 2.24) is 0 Å². The van der Waals surface area contributed by atoms with Gasteiger partial charge in [-0.25, -0.2) is 0 Å². The monoisotopic (exact) mass is 336 g/mol. The molecule has 1 aromatic heterocycles. The number of benzene rings is 1. The van der Waals surface area contributed by atoms with Gasteiger partial charge in [-0.2, -0.15) is 0 Å². The molecule has 0 fully saturated rings. The number of fused-ring (bicyclic) bond motifs is 1. The Morgan fingerprint density at radius 3 is 2.84 bits per heavy atom. The lowest BCUT2D eigenvalue weighted by Gasteiger charge is -2.13. The Morgan fingerprint density at radius 1 is 1.37 bits per heavy atom. The van der Waals surface area contributed by atoms with Gasteiger partial charge in [0.2, 0.25) is 5.91 Å². The van der Waals surface area contributed by atoms with E-state index >= 15 is 0 Å². The predicted molar refractivity (Wildman–Crippen MR) is 81.6 cm³/mol. The van der Waals surface area contributed by atoms with Crippen molar-refractivity contribution < 1.29 is 4.79 Å². The lowest BCUT2D eigenvalue weighted by Crippen LogP contribution is -2.20. The molecule has 1 aliphatic heterocycles. The third-order valence-electron chi connectivity index (χ3n) is 3.44. The third-order valence-corrected chi connectivity index (χ3v) is 5.15. The summed E-state index contributed by atoms with van der Waals surface area (Å²) in [5.41, 5.74) is 9.40. The minimum absolute atomic E-state index is 0.136. The van der Waals surface area contributed by atoms with Crippen LogP contribution in [0.1, 0.15) is 22.0 Å². The molecule has 0 saturated heterocycles. The lowest BCUT2D eigenvalue weighted by molar-refractivity contribution is -0.117. The lowest BCUT2D eigenvalue weighted by atomic mass is 10.0. The number of halogens is 1. The number of carbonyl (C=O) groups is 1. The summed E-state index contributed by atoms with van der Waals surface area (Å²) in [7, 11) is 1.81. The van der Waals surface area contributed by atoms with Crippen LogP contribution in [-0.4, -0.2) is 13.0 Å². The first-order valence-corrected chi connectivity index (χ1v) is 7.57. The van der Waals surface area contributed by atoms with Crippen molar-refractivity contribution in [2.45, 2.75) is 12.5 Å². The van der Waals surface area contributed by atoms with E-state index in [4.69, 9.17) is 5.73 Å². The standard InChI is InChI=1S/C14H13BrN2OS/c1-17-10-3-2-8(6-9(10)7-13(17)18)14(16)11-4-5-12(15)19-11/h2-6,14H,7,16H2,1H3. The van der Waals surface area contributed by atoms with Gasteiger partial charge in [0.25, 0.3) is 0 Å². The molecule has 3 rings (SSSR count). The fourth-order valence-corrected chi connectivity index (χ4v) is 3.80. The number of hydrogen-bond acceptors (Lipinski definition) is 3. The maximum Gasteiger partial charge on any atom is 0.231 e. The second-order valence-corrected chi connectivity index (χ2v) is 7.13. The molecule has 0 saturated carbocycles. The molecule has 1 amide bonds. The fourth-order valence-electron chi connectivity index (χ4n) is 2.34. The maximum atomic E-state index is 11.7. The Morgan fingerprint density at radius 2 is 2.16 bits per heavy atom. The molecule has 0 bridgehead atoms. The smallest absolute Gasteiger partial charge is 0.231 e. The Bertz CT molecular complexity index is 653. The second kappa shape index (κ2) is 4.74. The molecule has 1 atom stereocenters. The maximum absolute atomic E-state index is 11.7. The summed E-state index contributed by atoms with van der Waals surface area (Å²) in [6.07, 6.45) is 0.473. The Balaban J connectivity index is 1.95. The number of carbonyl (C=O) groups excluding carboxylic acids is 1. The van der Waals surface area contributed by atoms with E-state index in [0.717, 1.165) is 25.5 Å². The predicted octanol–water partition coefficient (Wildman–Crippen LogP) is 3.08. The summed E-state index contributed by atoms with van der Waals surface area (Å²) < 4.78 is 1.08. The van der Waals surface area contributed by atoms with E-state index < -0.39 is 0 Å². The summed E-state index contributed by atoms with van der Waals surface area (Å²) in [5.74, 6) is 0.139. The molecular formula is C14H13BrN2OS. The number of rotatable bonds is 2. The van der Waals surface area contributed by atoms with Crippen LogP contribution in [0.25, 0.3) is 0 Å². The quantitative estimate of drug-likeness (QED) is 0.915. The van der Waals surface area contributed by atoms with Crippen molar-refractivity contribution >= 4 is 38.9 Å². The first-order valence-electron chi connectivity index (χ1n) is 5.96. The normalized spacial score (nSPS) is 15.7. The molecule has 0 spiro atoms. The van der Waals surface area contributed by atoms with E-state index in [2.05, 4.69) is 22.0 Å². The molecule has 1 aliphatic rings. The number of amides is 1. The highest BCUT2D eigenvalue weighted by Gasteiger charge is 2.24. The zero-order valence-corrected chi connectivity index (χ0v) is 12.8. The number of likely N-dealkylation sites (N-methyl/N-ethyl adjacent to an activating group) is 1. The summed E-state index contributed by atoms with van der Waals surface area (Å²) in [4.78, 5) is 14.5. The molecule has 3 nitrogen and oxygen atoms in total. The molecular weight excluding hydrogens is 324 g/mol. The highest BCUT2D eigenvalue weighted by Crippen LogP contribution is 2.34. The van der Waals surface area contributed by atoms with Crippen molar-refractivity contribution in [3.05, 3.63) is 50.1 Å². The van der Waals surface area contributed by atoms with Gasteiger partial charge in [-0.05, 0) is 45.3 Å².